The zero-order valence-corrected chi connectivity index (χ0v) is 7.34. The molecule has 0 aromatic rings. The fourth-order valence-corrected chi connectivity index (χ4v) is 1.64. The molecule has 0 spiro atoms. The molecule has 1 aliphatic carbocycles. The Labute approximate surface area is 69.0 Å². The van der Waals surface area contributed by atoms with Crippen molar-refractivity contribution in [3.8, 4) is 0 Å². The first-order chi connectivity index (χ1) is 5.36. The molecule has 64 valence electrons. The van der Waals surface area contributed by atoms with Crippen LogP contribution >= 0.6 is 0 Å². The van der Waals surface area contributed by atoms with Crippen molar-refractivity contribution in [1.82, 2.24) is 10.2 Å². The minimum absolute atomic E-state index is 0.947. The number of nitrogens with one attached hydrogen (secondary N) is 1. The highest BCUT2D eigenvalue weighted by atomic mass is 15.1. The van der Waals surface area contributed by atoms with Gasteiger partial charge in [-0.05, 0) is 51.9 Å². The molecular formula is C9H18N2. The summed E-state index contributed by atoms with van der Waals surface area (Å²) in [4.78, 5) is 2.53. The van der Waals surface area contributed by atoms with E-state index in [-0.39, 0.29) is 0 Å². The van der Waals surface area contributed by atoms with Crippen LogP contribution in [-0.2, 0) is 0 Å². The molecule has 0 radical (unpaired) electrons. The quantitative estimate of drug-likeness (QED) is 0.641. The Hall–Kier alpha value is -0.0800. The largest absolute Gasteiger partial charge is 0.316 e. The van der Waals surface area contributed by atoms with Gasteiger partial charge < -0.3 is 10.2 Å². The molecule has 2 fully saturated rings. The van der Waals surface area contributed by atoms with Crippen LogP contribution in [0.25, 0.3) is 0 Å². The van der Waals surface area contributed by atoms with E-state index in [1.54, 1.807) is 0 Å². The van der Waals surface area contributed by atoms with E-state index in [4.69, 9.17) is 0 Å². The molecule has 1 saturated carbocycles. The summed E-state index contributed by atoms with van der Waals surface area (Å²) in [6, 6.07) is 0.947. The van der Waals surface area contributed by atoms with Gasteiger partial charge in [-0.3, -0.25) is 0 Å². The third-order valence-electron chi connectivity index (χ3n) is 2.93. The number of hydrogen-bond acceptors (Lipinski definition) is 2. The molecular weight excluding hydrogens is 136 g/mol. The highest BCUT2D eigenvalue weighted by molar-refractivity contribution is 4.83. The molecule has 11 heavy (non-hydrogen) atoms. The predicted octanol–water partition coefficient (Wildman–Crippen LogP) is 0.690. The highest BCUT2D eigenvalue weighted by Gasteiger charge is 2.26. The topological polar surface area (TPSA) is 15.3 Å². The lowest BCUT2D eigenvalue weighted by Gasteiger charge is -2.28. The molecule has 2 rings (SSSR count). The van der Waals surface area contributed by atoms with Gasteiger partial charge in [-0.25, -0.2) is 0 Å². The molecule has 0 bridgehead atoms. The third-order valence-corrected chi connectivity index (χ3v) is 2.93. The van der Waals surface area contributed by atoms with Crippen molar-refractivity contribution >= 4 is 0 Å². The lowest BCUT2D eigenvalue weighted by atomic mass is 9.99. The van der Waals surface area contributed by atoms with Crippen LogP contribution in [0.4, 0.5) is 0 Å². The van der Waals surface area contributed by atoms with E-state index in [1.807, 2.05) is 0 Å². The first kappa shape index (κ1) is 7.56. The Balaban J connectivity index is 1.57. The maximum Gasteiger partial charge on any atom is 0.00933 e. The highest BCUT2D eigenvalue weighted by Crippen LogP contribution is 2.25. The van der Waals surface area contributed by atoms with Gasteiger partial charge in [0.15, 0.2) is 0 Å². The van der Waals surface area contributed by atoms with Crippen molar-refractivity contribution in [2.75, 3.05) is 26.7 Å². The zero-order valence-electron chi connectivity index (χ0n) is 7.34. The third kappa shape index (κ3) is 1.94. The summed E-state index contributed by atoms with van der Waals surface area (Å²) in [6.07, 6.45) is 4.29. The Kier molecular flexibility index (Phi) is 2.14. The Bertz CT molecular complexity index is 128. The summed E-state index contributed by atoms with van der Waals surface area (Å²) in [7, 11) is 2.27. The summed E-state index contributed by atoms with van der Waals surface area (Å²) in [5, 5.41) is 3.31. The van der Waals surface area contributed by atoms with Crippen LogP contribution in [-0.4, -0.2) is 37.6 Å². The molecule has 1 aliphatic heterocycles. The van der Waals surface area contributed by atoms with Gasteiger partial charge in [-0.15, -0.1) is 0 Å². The van der Waals surface area contributed by atoms with Gasteiger partial charge in [0, 0.05) is 6.04 Å². The second-order valence-corrected chi connectivity index (χ2v) is 4.02. The first-order valence-electron chi connectivity index (χ1n) is 4.77. The van der Waals surface area contributed by atoms with Crippen LogP contribution < -0.4 is 5.32 Å². The van der Waals surface area contributed by atoms with Gasteiger partial charge in [0.1, 0.15) is 0 Å². The SMILES string of the molecule is CN(CCC1CNC1)C1CC1. The van der Waals surface area contributed by atoms with Crippen molar-refractivity contribution in [3.05, 3.63) is 0 Å². The molecule has 2 nitrogen and oxygen atoms in total. The van der Waals surface area contributed by atoms with Crippen molar-refractivity contribution in [2.24, 2.45) is 5.92 Å². The Morgan fingerprint density at radius 2 is 2.09 bits per heavy atom. The average Bonchev–Trinajstić information content (AvgIpc) is 2.64. The fourth-order valence-electron chi connectivity index (χ4n) is 1.64. The van der Waals surface area contributed by atoms with E-state index >= 15 is 0 Å². The zero-order chi connectivity index (χ0) is 7.68. The molecule has 0 unspecified atom stereocenters. The number of nitrogens with zero attached hydrogens (tertiary/aromatic N) is 1. The molecule has 0 aromatic heterocycles. The molecule has 1 N–H and O–H groups in total. The van der Waals surface area contributed by atoms with Gasteiger partial charge in [0.25, 0.3) is 0 Å². The summed E-state index contributed by atoms with van der Waals surface area (Å²) in [5.41, 5.74) is 0. The second-order valence-electron chi connectivity index (χ2n) is 4.02. The van der Waals surface area contributed by atoms with Crippen LogP contribution in [0.1, 0.15) is 19.3 Å². The van der Waals surface area contributed by atoms with Gasteiger partial charge in [0.2, 0.25) is 0 Å². The van der Waals surface area contributed by atoms with Crippen LogP contribution in [0.5, 0.6) is 0 Å². The normalized spacial score (nSPS) is 25.6. The van der Waals surface area contributed by atoms with Gasteiger partial charge in [-0.2, -0.15) is 0 Å². The van der Waals surface area contributed by atoms with E-state index in [1.165, 1.54) is 38.9 Å². The van der Waals surface area contributed by atoms with Crippen molar-refractivity contribution in [2.45, 2.75) is 25.3 Å². The van der Waals surface area contributed by atoms with E-state index in [2.05, 4.69) is 17.3 Å². The van der Waals surface area contributed by atoms with Crippen molar-refractivity contribution < 1.29 is 0 Å². The standard InChI is InChI=1S/C9H18N2/c1-11(9-2-3-9)5-4-8-6-10-7-8/h8-10H,2-7H2,1H3. The van der Waals surface area contributed by atoms with E-state index in [0.717, 1.165) is 12.0 Å². The lowest BCUT2D eigenvalue weighted by Crippen LogP contribution is -2.43. The number of rotatable bonds is 4. The average molecular weight is 154 g/mol. The fraction of sp³-hybridized carbons (Fsp3) is 1.00. The van der Waals surface area contributed by atoms with Gasteiger partial charge >= 0.3 is 0 Å². The predicted molar refractivity (Wildman–Crippen MR) is 46.6 cm³/mol. The Morgan fingerprint density at radius 3 is 2.55 bits per heavy atom. The minimum atomic E-state index is 0.947. The molecule has 1 saturated heterocycles. The summed E-state index contributed by atoms with van der Waals surface area (Å²) < 4.78 is 0. The van der Waals surface area contributed by atoms with Gasteiger partial charge in [0.05, 0.1) is 0 Å². The summed E-state index contributed by atoms with van der Waals surface area (Å²) in [5.74, 6) is 0.983. The van der Waals surface area contributed by atoms with Crippen LogP contribution in [0, 0.1) is 5.92 Å². The Morgan fingerprint density at radius 1 is 1.36 bits per heavy atom. The number of hydrogen-bond donors (Lipinski definition) is 1. The van der Waals surface area contributed by atoms with Crippen LogP contribution in [0.3, 0.4) is 0 Å². The van der Waals surface area contributed by atoms with E-state index in [0.29, 0.717) is 0 Å². The van der Waals surface area contributed by atoms with E-state index in [9.17, 15) is 0 Å². The van der Waals surface area contributed by atoms with E-state index < -0.39 is 0 Å². The van der Waals surface area contributed by atoms with Crippen LogP contribution in [0.2, 0.25) is 0 Å². The minimum Gasteiger partial charge on any atom is -0.316 e. The van der Waals surface area contributed by atoms with Crippen LogP contribution in [0.15, 0.2) is 0 Å². The molecule has 2 aliphatic rings. The monoisotopic (exact) mass is 154 g/mol. The maximum atomic E-state index is 3.31. The summed E-state index contributed by atoms with van der Waals surface area (Å²) >= 11 is 0. The van der Waals surface area contributed by atoms with Crippen molar-refractivity contribution in [1.29, 1.82) is 0 Å². The van der Waals surface area contributed by atoms with Crippen molar-refractivity contribution in [3.63, 3.8) is 0 Å². The smallest absolute Gasteiger partial charge is 0.00933 e. The summed E-state index contributed by atoms with van der Waals surface area (Å²) in [6.45, 7) is 3.84. The maximum absolute atomic E-state index is 3.31. The molecule has 2 heteroatoms. The molecule has 0 atom stereocenters. The lowest BCUT2D eigenvalue weighted by molar-refractivity contribution is 0.251. The second kappa shape index (κ2) is 3.11. The molecule has 0 aromatic carbocycles. The molecule has 0 amide bonds. The van der Waals surface area contributed by atoms with Gasteiger partial charge in [-0.1, -0.05) is 0 Å². The first-order valence-corrected chi connectivity index (χ1v) is 4.77. The molecule has 1 heterocycles.